The van der Waals surface area contributed by atoms with Crippen molar-refractivity contribution in [2.75, 3.05) is 24.3 Å². The maximum Gasteiger partial charge on any atom is 0.240 e. The number of nitrogens with zero attached hydrogens (tertiary/aromatic N) is 1. The number of anilines is 2. The van der Waals surface area contributed by atoms with Crippen molar-refractivity contribution < 1.29 is 9.59 Å². The van der Waals surface area contributed by atoms with Gasteiger partial charge in [-0.1, -0.05) is 0 Å². The smallest absolute Gasteiger partial charge is 0.240 e. The Kier molecular flexibility index (Phi) is 4.21. The summed E-state index contributed by atoms with van der Waals surface area (Å²) in [7, 11) is 3.92. The predicted octanol–water partition coefficient (Wildman–Crippen LogP) is 2.00. The van der Waals surface area contributed by atoms with E-state index in [0.717, 1.165) is 5.69 Å². The summed E-state index contributed by atoms with van der Waals surface area (Å²) in [6, 6.07) is 7.61. The molecule has 0 bridgehead atoms. The van der Waals surface area contributed by atoms with E-state index in [4.69, 9.17) is 0 Å². The van der Waals surface area contributed by atoms with Gasteiger partial charge < -0.3 is 15.5 Å². The van der Waals surface area contributed by atoms with Crippen LogP contribution >= 0.6 is 0 Å². The van der Waals surface area contributed by atoms with Crippen LogP contribution in [0.15, 0.2) is 24.3 Å². The molecule has 1 aromatic rings. The third-order valence-corrected chi connectivity index (χ3v) is 3.68. The molecule has 0 aliphatic heterocycles. The fourth-order valence-electron chi connectivity index (χ4n) is 2.18. The summed E-state index contributed by atoms with van der Waals surface area (Å²) in [5.41, 5.74) is 0.908. The Bertz CT molecular complexity index is 531. The molecule has 2 amide bonds. The third-order valence-electron chi connectivity index (χ3n) is 3.68. The summed E-state index contributed by atoms with van der Waals surface area (Å²) in [5.74, 6) is -0.377. The van der Waals surface area contributed by atoms with Gasteiger partial charge in [0.25, 0.3) is 0 Å². The number of carbonyl (C=O) groups is 2. The monoisotopic (exact) mass is 289 g/mol. The molecule has 1 aliphatic carbocycles. The van der Waals surface area contributed by atoms with E-state index >= 15 is 0 Å². The average molecular weight is 289 g/mol. The third kappa shape index (κ3) is 3.35. The Balaban J connectivity index is 2.02. The van der Waals surface area contributed by atoms with Crippen molar-refractivity contribution in [1.82, 2.24) is 5.32 Å². The zero-order chi connectivity index (χ0) is 15.6. The Hall–Kier alpha value is -2.04. The first-order valence-electron chi connectivity index (χ1n) is 7.25. The Morgan fingerprint density at radius 3 is 2.10 bits per heavy atom. The molecule has 0 aromatic heterocycles. The van der Waals surface area contributed by atoms with E-state index in [-0.39, 0.29) is 17.9 Å². The van der Waals surface area contributed by atoms with Crippen LogP contribution in [0.4, 0.5) is 11.4 Å². The molecular weight excluding hydrogens is 266 g/mol. The molecular formula is C16H23N3O2. The van der Waals surface area contributed by atoms with Crippen LogP contribution in [-0.2, 0) is 9.59 Å². The molecule has 114 valence electrons. The SMILES string of the molecule is CC(C)NC(=O)C1(C(=O)Nc2ccc(N(C)C)cc2)CC1. The van der Waals surface area contributed by atoms with Crippen LogP contribution in [0.3, 0.4) is 0 Å². The van der Waals surface area contributed by atoms with E-state index in [0.29, 0.717) is 18.5 Å². The van der Waals surface area contributed by atoms with Gasteiger partial charge in [0.05, 0.1) is 0 Å². The largest absolute Gasteiger partial charge is 0.378 e. The van der Waals surface area contributed by atoms with E-state index in [1.165, 1.54) is 0 Å². The van der Waals surface area contributed by atoms with E-state index in [1.54, 1.807) is 0 Å². The van der Waals surface area contributed by atoms with Crippen molar-refractivity contribution >= 4 is 23.2 Å². The summed E-state index contributed by atoms with van der Waals surface area (Å²) in [4.78, 5) is 26.5. The molecule has 2 N–H and O–H groups in total. The highest BCUT2D eigenvalue weighted by atomic mass is 16.2. The standard InChI is InChI=1S/C16H23N3O2/c1-11(2)17-14(20)16(9-10-16)15(21)18-12-5-7-13(8-6-12)19(3)4/h5-8,11H,9-10H2,1-4H3,(H,17,20)(H,18,21). The van der Waals surface area contributed by atoms with Gasteiger partial charge in [0, 0.05) is 31.5 Å². The second-order valence-electron chi connectivity index (χ2n) is 6.11. The molecule has 2 rings (SSSR count). The number of amides is 2. The quantitative estimate of drug-likeness (QED) is 0.815. The number of hydrogen-bond donors (Lipinski definition) is 2. The molecule has 5 nitrogen and oxygen atoms in total. The average Bonchev–Trinajstić information content (AvgIpc) is 3.20. The molecule has 1 saturated carbocycles. The van der Waals surface area contributed by atoms with Crippen molar-refractivity contribution in [3.8, 4) is 0 Å². The first kappa shape index (κ1) is 15.4. The van der Waals surface area contributed by atoms with E-state index < -0.39 is 5.41 Å². The number of nitrogens with one attached hydrogen (secondary N) is 2. The van der Waals surface area contributed by atoms with E-state index in [9.17, 15) is 9.59 Å². The van der Waals surface area contributed by atoms with Crippen LogP contribution in [-0.4, -0.2) is 32.0 Å². The fourth-order valence-corrected chi connectivity index (χ4v) is 2.18. The van der Waals surface area contributed by atoms with Gasteiger partial charge >= 0.3 is 0 Å². The maximum atomic E-state index is 12.4. The minimum Gasteiger partial charge on any atom is -0.378 e. The van der Waals surface area contributed by atoms with Gasteiger partial charge in [0.2, 0.25) is 11.8 Å². The van der Waals surface area contributed by atoms with Gasteiger partial charge in [-0.15, -0.1) is 0 Å². The highest BCUT2D eigenvalue weighted by Gasteiger charge is 2.56. The number of hydrogen-bond acceptors (Lipinski definition) is 3. The maximum absolute atomic E-state index is 12.4. The van der Waals surface area contributed by atoms with Crippen molar-refractivity contribution in [2.24, 2.45) is 5.41 Å². The highest BCUT2D eigenvalue weighted by molar-refractivity contribution is 6.13. The van der Waals surface area contributed by atoms with Crippen molar-refractivity contribution in [2.45, 2.75) is 32.7 Å². The summed E-state index contributed by atoms with van der Waals surface area (Å²) in [5, 5.41) is 5.68. The second-order valence-corrected chi connectivity index (χ2v) is 6.11. The van der Waals surface area contributed by atoms with Gasteiger partial charge in [0.15, 0.2) is 0 Å². The number of carbonyl (C=O) groups excluding carboxylic acids is 2. The topological polar surface area (TPSA) is 61.4 Å². The molecule has 0 radical (unpaired) electrons. The Morgan fingerprint density at radius 1 is 1.10 bits per heavy atom. The fraction of sp³-hybridized carbons (Fsp3) is 0.500. The first-order chi connectivity index (χ1) is 9.85. The molecule has 1 aromatic carbocycles. The van der Waals surface area contributed by atoms with Crippen molar-refractivity contribution in [1.29, 1.82) is 0 Å². The molecule has 5 heteroatoms. The van der Waals surface area contributed by atoms with Crippen LogP contribution in [0.25, 0.3) is 0 Å². The second kappa shape index (κ2) is 5.76. The Morgan fingerprint density at radius 2 is 1.67 bits per heavy atom. The molecule has 0 spiro atoms. The predicted molar refractivity (Wildman–Crippen MR) is 84.3 cm³/mol. The molecule has 0 unspecified atom stereocenters. The lowest BCUT2D eigenvalue weighted by atomic mass is 10.0. The zero-order valence-corrected chi connectivity index (χ0v) is 13.1. The minimum absolute atomic E-state index is 0.0437. The lowest BCUT2D eigenvalue weighted by Gasteiger charge is -2.18. The van der Waals surface area contributed by atoms with Crippen LogP contribution < -0.4 is 15.5 Å². The lowest BCUT2D eigenvalue weighted by molar-refractivity contribution is -0.134. The lowest BCUT2D eigenvalue weighted by Crippen LogP contribution is -2.42. The summed E-state index contributed by atoms with van der Waals surface area (Å²) in [6.07, 6.45) is 1.24. The normalized spacial score (nSPS) is 15.5. The number of rotatable bonds is 5. The van der Waals surface area contributed by atoms with Crippen LogP contribution in [0.5, 0.6) is 0 Å². The highest BCUT2D eigenvalue weighted by Crippen LogP contribution is 2.47. The van der Waals surface area contributed by atoms with Crippen LogP contribution in [0, 0.1) is 5.41 Å². The molecule has 1 fully saturated rings. The molecule has 21 heavy (non-hydrogen) atoms. The van der Waals surface area contributed by atoms with Gasteiger partial charge in [-0.25, -0.2) is 0 Å². The van der Waals surface area contributed by atoms with Crippen molar-refractivity contribution in [3.63, 3.8) is 0 Å². The molecule has 1 aliphatic rings. The summed E-state index contributed by atoms with van der Waals surface area (Å²) < 4.78 is 0. The van der Waals surface area contributed by atoms with Crippen LogP contribution in [0.1, 0.15) is 26.7 Å². The summed E-state index contributed by atoms with van der Waals surface area (Å²) in [6.45, 7) is 3.79. The van der Waals surface area contributed by atoms with E-state index in [2.05, 4.69) is 10.6 Å². The van der Waals surface area contributed by atoms with Gasteiger partial charge in [-0.05, 0) is 51.0 Å². The van der Waals surface area contributed by atoms with Crippen molar-refractivity contribution in [3.05, 3.63) is 24.3 Å². The minimum atomic E-state index is -0.871. The Labute approximate surface area is 125 Å². The van der Waals surface area contributed by atoms with Gasteiger partial charge in [0.1, 0.15) is 5.41 Å². The van der Waals surface area contributed by atoms with E-state index in [1.807, 2.05) is 57.1 Å². The number of benzene rings is 1. The molecule has 0 heterocycles. The van der Waals surface area contributed by atoms with Gasteiger partial charge in [-0.3, -0.25) is 9.59 Å². The molecule has 0 atom stereocenters. The summed E-state index contributed by atoms with van der Waals surface area (Å²) >= 11 is 0. The molecule has 0 saturated heterocycles. The van der Waals surface area contributed by atoms with Crippen LogP contribution in [0.2, 0.25) is 0 Å². The van der Waals surface area contributed by atoms with Gasteiger partial charge in [-0.2, -0.15) is 0 Å². The first-order valence-corrected chi connectivity index (χ1v) is 7.25. The zero-order valence-electron chi connectivity index (χ0n) is 13.1.